The molecule has 0 saturated heterocycles. The number of nitrogens with zero attached hydrogens (tertiary/aromatic N) is 1. The van der Waals surface area contributed by atoms with Crippen LogP contribution in [0.1, 0.15) is 18.1 Å². The molecule has 1 heterocycles. The third-order valence-electron chi connectivity index (χ3n) is 4.00. The maximum atomic E-state index is 11.6. The fourth-order valence-electron chi connectivity index (χ4n) is 2.58. The monoisotopic (exact) mass is 374 g/mol. The number of guanidine groups is 1. The number of phenols is 1. The highest BCUT2D eigenvalue weighted by atomic mass is 32.2. The Morgan fingerprint density at radius 2 is 1.88 bits per heavy atom. The lowest BCUT2D eigenvalue weighted by Gasteiger charge is -2.11. The van der Waals surface area contributed by atoms with Crippen molar-refractivity contribution >= 4 is 27.4 Å². The van der Waals surface area contributed by atoms with Crippen LogP contribution in [0.5, 0.6) is 5.75 Å². The summed E-state index contributed by atoms with van der Waals surface area (Å²) >= 11 is 0. The van der Waals surface area contributed by atoms with Crippen LogP contribution < -0.4 is 15.4 Å². The Morgan fingerprint density at radius 1 is 1.15 bits per heavy atom. The van der Waals surface area contributed by atoms with Gasteiger partial charge < -0.3 is 15.7 Å². The molecule has 7 nitrogen and oxygen atoms in total. The first-order chi connectivity index (χ1) is 12.4. The van der Waals surface area contributed by atoms with Gasteiger partial charge in [-0.2, -0.15) is 0 Å². The van der Waals surface area contributed by atoms with Crippen molar-refractivity contribution in [1.29, 1.82) is 0 Å². The van der Waals surface area contributed by atoms with E-state index in [-0.39, 0.29) is 11.5 Å². The van der Waals surface area contributed by atoms with E-state index in [0.29, 0.717) is 23.8 Å². The number of hydrogen-bond acceptors (Lipinski definition) is 6. The Balaban J connectivity index is 1.70. The Bertz CT molecular complexity index is 909. The van der Waals surface area contributed by atoms with Crippen LogP contribution in [-0.2, 0) is 16.4 Å². The molecule has 8 heteroatoms. The molecule has 0 spiro atoms. The maximum absolute atomic E-state index is 11.6. The molecule has 2 aromatic carbocycles. The van der Waals surface area contributed by atoms with Gasteiger partial charge in [0.1, 0.15) is 5.75 Å². The van der Waals surface area contributed by atoms with Crippen LogP contribution in [0.25, 0.3) is 0 Å². The Kier molecular flexibility index (Phi) is 5.32. The van der Waals surface area contributed by atoms with Gasteiger partial charge in [0.05, 0.1) is 18.0 Å². The average Bonchev–Trinajstić information content (AvgIpc) is 3.12. The van der Waals surface area contributed by atoms with Crippen LogP contribution >= 0.6 is 0 Å². The molecule has 0 aliphatic carbocycles. The van der Waals surface area contributed by atoms with E-state index in [1.165, 1.54) is 0 Å². The van der Waals surface area contributed by atoms with Crippen molar-refractivity contribution in [2.75, 3.05) is 28.9 Å². The highest BCUT2D eigenvalue weighted by Crippen LogP contribution is 2.26. The van der Waals surface area contributed by atoms with Crippen LogP contribution in [0, 0.1) is 0 Å². The summed E-state index contributed by atoms with van der Waals surface area (Å²) in [6, 6.07) is 12.7. The lowest BCUT2D eigenvalue weighted by atomic mass is 10.0. The molecule has 0 saturated carbocycles. The average molecular weight is 374 g/mol. The molecule has 2 aromatic rings. The first kappa shape index (κ1) is 18.1. The molecule has 0 amide bonds. The molecule has 0 fully saturated rings. The smallest absolute Gasteiger partial charge is 0.232 e. The van der Waals surface area contributed by atoms with Gasteiger partial charge in [0, 0.05) is 12.2 Å². The van der Waals surface area contributed by atoms with Crippen molar-refractivity contribution < 1.29 is 13.5 Å². The summed E-state index contributed by atoms with van der Waals surface area (Å²) in [5, 5.41) is 16.2. The van der Waals surface area contributed by atoms with E-state index in [2.05, 4.69) is 20.3 Å². The van der Waals surface area contributed by atoms with E-state index >= 15 is 0 Å². The van der Waals surface area contributed by atoms with Crippen molar-refractivity contribution in [3.8, 4) is 5.75 Å². The second kappa shape index (κ2) is 7.65. The minimum atomic E-state index is -3.27. The fourth-order valence-corrected chi connectivity index (χ4v) is 3.22. The van der Waals surface area contributed by atoms with Crippen LogP contribution in [0.3, 0.4) is 0 Å². The number of rotatable bonds is 6. The van der Waals surface area contributed by atoms with Crippen molar-refractivity contribution in [3.63, 3.8) is 0 Å². The quantitative estimate of drug-likeness (QED) is 0.580. The predicted molar refractivity (Wildman–Crippen MR) is 104 cm³/mol. The molecule has 26 heavy (non-hydrogen) atoms. The summed E-state index contributed by atoms with van der Waals surface area (Å²) in [7, 11) is -3.27. The van der Waals surface area contributed by atoms with Crippen molar-refractivity contribution in [1.82, 2.24) is 5.32 Å². The molecule has 138 valence electrons. The van der Waals surface area contributed by atoms with Crippen molar-refractivity contribution in [2.45, 2.75) is 13.3 Å². The van der Waals surface area contributed by atoms with Gasteiger partial charge in [0.2, 0.25) is 10.0 Å². The zero-order valence-electron chi connectivity index (χ0n) is 14.5. The van der Waals surface area contributed by atoms with E-state index in [1.54, 1.807) is 25.1 Å². The summed E-state index contributed by atoms with van der Waals surface area (Å²) in [6.45, 7) is 3.10. The highest BCUT2D eigenvalue weighted by molar-refractivity contribution is 7.92. The van der Waals surface area contributed by atoms with Crippen LogP contribution in [0.4, 0.5) is 11.4 Å². The van der Waals surface area contributed by atoms with Crippen LogP contribution in [0.15, 0.2) is 47.5 Å². The van der Waals surface area contributed by atoms with Gasteiger partial charge in [-0.25, -0.2) is 8.42 Å². The molecule has 0 unspecified atom stereocenters. The first-order valence-electron chi connectivity index (χ1n) is 8.42. The van der Waals surface area contributed by atoms with Crippen LogP contribution in [-0.4, -0.2) is 38.3 Å². The molecule has 1 aliphatic heterocycles. The second-order valence-corrected chi connectivity index (χ2v) is 8.02. The number of aromatic hydroxyl groups is 1. The number of hydrogen-bond donors (Lipinski definition) is 4. The predicted octanol–water partition coefficient (Wildman–Crippen LogP) is 2.12. The zero-order chi connectivity index (χ0) is 18.6. The highest BCUT2D eigenvalue weighted by Gasteiger charge is 2.10. The summed E-state index contributed by atoms with van der Waals surface area (Å²) in [6.07, 6.45) is 0.662. The molecule has 3 rings (SSSR count). The molecule has 0 bridgehead atoms. The van der Waals surface area contributed by atoms with Gasteiger partial charge in [-0.1, -0.05) is 18.2 Å². The molecular formula is C18H22N4O3S. The topological polar surface area (TPSA) is 103 Å². The normalized spacial score (nSPS) is 13.8. The first-order valence-corrected chi connectivity index (χ1v) is 10.1. The minimum Gasteiger partial charge on any atom is -0.506 e. The van der Waals surface area contributed by atoms with Gasteiger partial charge in [-0.15, -0.1) is 0 Å². The third-order valence-corrected chi connectivity index (χ3v) is 5.31. The number of aliphatic imine (C=N–C) groups is 1. The number of anilines is 2. The van der Waals surface area contributed by atoms with E-state index in [0.717, 1.165) is 24.2 Å². The van der Waals surface area contributed by atoms with Crippen molar-refractivity contribution in [2.24, 2.45) is 4.99 Å². The van der Waals surface area contributed by atoms with Gasteiger partial charge in [-0.3, -0.25) is 9.71 Å². The molecule has 0 radical (unpaired) electrons. The summed E-state index contributed by atoms with van der Waals surface area (Å²) in [4.78, 5) is 4.26. The lowest BCUT2D eigenvalue weighted by molar-refractivity contribution is 0.477. The van der Waals surface area contributed by atoms with Crippen molar-refractivity contribution in [3.05, 3.63) is 53.6 Å². The SMILES string of the molecule is CCS(=O)(=O)Nc1ccc(Cc2ccc(O)c(NC3=NCCN3)c2)cc1. The number of sulfonamides is 1. The summed E-state index contributed by atoms with van der Waals surface area (Å²) < 4.78 is 25.7. The van der Waals surface area contributed by atoms with Crippen LogP contribution in [0.2, 0.25) is 0 Å². The third kappa shape index (κ3) is 4.66. The van der Waals surface area contributed by atoms with Gasteiger partial charge in [0.15, 0.2) is 5.96 Å². The Hall–Kier alpha value is -2.74. The molecule has 0 aromatic heterocycles. The van der Waals surface area contributed by atoms with E-state index < -0.39 is 10.0 Å². The Labute approximate surface area is 153 Å². The molecular weight excluding hydrogens is 352 g/mol. The zero-order valence-corrected chi connectivity index (χ0v) is 15.3. The standard InChI is InChI=1S/C18H22N4O3S/c1-2-26(24,25)22-15-6-3-13(4-7-15)11-14-5-8-17(23)16(12-14)21-18-19-9-10-20-18/h3-8,12,22-23H,2,9-11H2,1H3,(H2,19,20,21). The molecule has 1 aliphatic rings. The summed E-state index contributed by atoms with van der Waals surface area (Å²) in [5.74, 6) is 0.859. The Morgan fingerprint density at radius 3 is 2.54 bits per heavy atom. The summed E-state index contributed by atoms with van der Waals surface area (Å²) in [5.41, 5.74) is 3.21. The van der Waals surface area contributed by atoms with E-state index in [1.807, 2.05) is 24.3 Å². The van der Waals surface area contributed by atoms with Gasteiger partial charge in [0.25, 0.3) is 0 Å². The van der Waals surface area contributed by atoms with E-state index in [9.17, 15) is 13.5 Å². The van der Waals surface area contributed by atoms with E-state index in [4.69, 9.17) is 0 Å². The minimum absolute atomic E-state index is 0.0399. The van der Waals surface area contributed by atoms with Gasteiger partial charge in [-0.05, 0) is 48.7 Å². The lowest BCUT2D eigenvalue weighted by Crippen LogP contribution is -2.26. The maximum Gasteiger partial charge on any atom is 0.232 e. The fraction of sp³-hybridized carbons (Fsp3) is 0.278. The number of benzene rings is 2. The number of phenolic OH excluding ortho intramolecular Hbond substituents is 1. The number of nitrogens with one attached hydrogen (secondary N) is 3. The largest absolute Gasteiger partial charge is 0.506 e. The van der Waals surface area contributed by atoms with Gasteiger partial charge >= 0.3 is 0 Å². The second-order valence-electron chi connectivity index (χ2n) is 6.01. The molecule has 4 N–H and O–H groups in total. The molecule has 0 atom stereocenters.